The highest BCUT2D eigenvalue weighted by molar-refractivity contribution is 7.98. The van der Waals surface area contributed by atoms with Crippen LogP contribution in [0.5, 0.6) is 0 Å². The van der Waals surface area contributed by atoms with Crippen LogP contribution < -0.4 is 0 Å². The van der Waals surface area contributed by atoms with Gasteiger partial charge in [0.15, 0.2) is 5.16 Å². The molecule has 6 heteroatoms. The Morgan fingerprint density at radius 1 is 1.32 bits per heavy atom. The monoisotopic (exact) mass is 290 g/mol. The number of hydrogen-bond donors (Lipinski definition) is 2. The molecule has 0 spiro atoms. The van der Waals surface area contributed by atoms with Gasteiger partial charge in [0.25, 0.3) is 0 Å². The highest BCUT2D eigenvalue weighted by atomic mass is 32.2. The second kappa shape index (κ2) is 5.07. The molecule has 0 unspecified atom stereocenters. The normalized spacial score (nSPS) is 10.9. The fraction of sp³-hybridized carbons (Fsp3) is 0.0769. The molecule has 0 amide bonds. The van der Waals surface area contributed by atoms with Crippen molar-refractivity contribution in [1.82, 2.24) is 9.97 Å². The predicted molar refractivity (Wildman–Crippen MR) is 76.9 cm³/mol. The number of rotatable bonds is 4. The van der Waals surface area contributed by atoms with Gasteiger partial charge in [-0.1, -0.05) is 23.9 Å². The Hall–Kier alpha value is -1.79. The summed E-state index contributed by atoms with van der Waals surface area (Å²) in [5.74, 6) is -0.150. The molecular weight excluding hydrogens is 280 g/mol. The maximum atomic E-state index is 10.8. The zero-order valence-electron chi connectivity index (χ0n) is 9.79. The van der Waals surface area contributed by atoms with E-state index >= 15 is 0 Å². The Labute approximate surface area is 117 Å². The Morgan fingerprint density at radius 3 is 2.89 bits per heavy atom. The van der Waals surface area contributed by atoms with Crippen molar-refractivity contribution in [3.05, 3.63) is 46.2 Å². The molecule has 0 aliphatic carbocycles. The van der Waals surface area contributed by atoms with E-state index in [0.717, 1.165) is 26.8 Å². The van der Waals surface area contributed by atoms with Gasteiger partial charge in [0.05, 0.1) is 11.0 Å². The van der Waals surface area contributed by atoms with Crippen molar-refractivity contribution in [2.75, 3.05) is 0 Å². The lowest BCUT2D eigenvalue weighted by Crippen LogP contribution is -1.89. The van der Waals surface area contributed by atoms with E-state index in [1.807, 2.05) is 30.3 Å². The summed E-state index contributed by atoms with van der Waals surface area (Å²) in [6, 6.07) is 11.4. The molecule has 0 aliphatic rings. The second-order valence-corrected chi connectivity index (χ2v) is 6.05. The summed E-state index contributed by atoms with van der Waals surface area (Å²) < 4.78 is 0. The molecule has 3 rings (SSSR count). The molecule has 1 aromatic carbocycles. The number of carboxylic acid groups (broad SMARTS) is 1. The number of thiophene rings is 1. The molecule has 0 aliphatic heterocycles. The number of thioether (sulfide) groups is 1. The van der Waals surface area contributed by atoms with Crippen LogP contribution >= 0.6 is 23.1 Å². The number of benzene rings is 1. The van der Waals surface area contributed by atoms with Gasteiger partial charge in [0, 0.05) is 10.6 Å². The molecule has 0 saturated carbocycles. The summed E-state index contributed by atoms with van der Waals surface area (Å²) in [6.45, 7) is 0. The first-order valence-electron chi connectivity index (χ1n) is 5.62. The van der Waals surface area contributed by atoms with Crippen LogP contribution in [0.1, 0.15) is 14.5 Å². The van der Waals surface area contributed by atoms with E-state index in [9.17, 15) is 4.79 Å². The highest BCUT2D eigenvalue weighted by Crippen LogP contribution is 2.26. The first kappa shape index (κ1) is 12.3. The minimum Gasteiger partial charge on any atom is -0.477 e. The van der Waals surface area contributed by atoms with Gasteiger partial charge in [-0.15, -0.1) is 11.3 Å². The molecule has 96 valence electrons. The van der Waals surface area contributed by atoms with Crippen LogP contribution in [0.2, 0.25) is 0 Å². The van der Waals surface area contributed by atoms with Crippen molar-refractivity contribution in [2.45, 2.75) is 10.9 Å². The number of carboxylic acids is 1. The molecule has 2 heterocycles. The molecule has 0 fully saturated rings. The van der Waals surface area contributed by atoms with Gasteiger partial charge in [-0.05, 0) is 24.3 Å². The number of fused-ring (bicyclic) bond motifs is 1. The Bertz CT molecular complexity index is 700. The zero-order valence-corrected chi connectivity index (χ0v) is 11.4. The van der Waals surface area contributed by atoms with Gasteiger partial charge >= 0.3 is 5.97 Å². The number of nitrogens with zero attached hydrogens (tertiary/aromatic N) is 1. The van der Waals surface area contributed by atoms with E-state index in [1.165, 1.54) is 11.3 Å². The average Bonchev–Trinajstić information content (AvgIpc) is 3.02. The van der Waals surface area contributed by atoms with E-state index < -0.39 is 5.97 Å². The Kier molecular flexibility index (Phi) is 3.27. The lowest BCUT2D eigenvalue weighted by atomic mass is 10.3. The maximum Gasteiger partial charge on any atom is 0.345 e. The van der Waals surface area contributed by atoms with Crippen LogP contribution in [-0.2, 0) is 5.75 Å². The van der Waals surface area contributed by atoms with E-state index in [2.05, 4.69) is 9.97 Å². The van der Waals surface area contributed by atoms with Crippen molar-refractivity contribution in [3.63, 3.8) is 0 Å². The minimum atomic E-state index is -0.870. The molecule has 0 atom stereocenters. The summed E-state index contributed by atoms with van der Waals surface area (Å²) in [4.78, 5) is 19.9. The Balaban J connectivity index is 1.72. The molecule has 4 nitrogen and oxygen atoms in total. The largest absolute Gasteiger partial charge is 0.477 e. The number of carbonyl (C=O) groups is 1. The number of para-hydroxylation sites is 2. The second-order valence-electron chi connectivity index (χ2n) is 3.92. The molecule has 19 heavy (non-hydrogen) atoms. The summed E-state index contributed by atoms with van der Waals surface area (Å²) in [5, 5.41) is 9.72. The molecule has 2 aromatic heterocycles. The van der Waals surface area contributed by atoms with Crippen LogP contribution in [0.3, 0.4) is 0 Å². The smallest absolute Gasteiger partial charge is 0.345 e. The molecule has 3 aromatic rings. The number of aromatic carboxylic acids is 1. The quantitative estimate of drug-likeness (QED) is 0.720. The van der Waals surface area contributed by atoms with Gasteiger partial charge in [-0.2, -0.15) is 0 Å². The summed E-state index contributed by atoms with van der Waals surface area (Å²) in [7, 11) is 0. The van der Waals surface area contributed by atoms with Crippen molar-refractivity contribution >= 4 is 40.1 Å². The number of hydrogen-bond acceptors (Lipinski definition) is 4. The number of aromatic nitrogens is 2. The van der Waals surface area contributed by atoms with Crippen LogP contribution in [0, 0.1) is 0 Å². The topological polar surface area (TPSA) is 66.0 Å². The Morgan fingerprint density at radius 2 is 2.16 bits per heavy atom. The molecule has 0 saturated heterocycles. The zero-order chi connectivity index (χ0) is 13.2. The van der Waals surface area contributed by atoms with Crippen molar-refractivity contribution in [1.29, 1.82) is 0 Å². The standard InChI is InChI=1S/C13H10N2O2S2/c16-12(17)11-6-5-8(19-11)7-18-13-14-9-3-1-2-4-10(9)15-13/h1-6H,7H2,(H,14,15)(H,16,17). The summed E-state index contributed by atoms with van der Waals surface area (Å²) in [6.07, 6.45) is 0. The number of imidazole rings is 1. The SMILES string of the molecule is O=C(O)c1ccc(CSc2nc3ccccc3[nH]2)s1. The third-order valence-corrected chi connectivity index (χ3v) is 4.77. The third-order valence-electron chi connectivity index (χ3n) is 2.59. The van der Waals surface area contributed by atoms with Crippen molar-refractivity contribution < 1.29 is 9.90 Å². The van der Waals surface area contributed by atoms with E-state index in [1.54, 1.807) is 17.8 Å². The fourth-order valence-corrected chi connectivity index (χ4v) is 3.48. The van der Waals surface area contributed by atoms with Gasteiger partial charge in [-0.3, -0.25) is 0 Å². The molecule has 0 bridgehead atoms. The van der Waals surface area contributed by atoms with Crippen LogP contribution in [0.15, 0.2) is 41.6 Å². The third kappa shape index (κ3) is 2.64. The van der Waals surface area contributed by atoms with Crippen LogP contribution in [0.4, 0.5) is 0 Å². The van der Waals surface area contributed by atoms with E-state index in [4.69, 9.17) is 5.11 Å². The molecule has 0 radical (unpaired) electrons. The predicted octanol–water partition coefficient (Wildman–Crippen LogP) is 3.61. The van der Waals surface area contributed by atoms with Crippen molar-refractivity contribution in [3.8, 4) is 0 Å². The minimum absolute atomic E-state index is 0.375. The lowest BCUT2D eigenvalue weighted by molar-refractivity contribution is 0.0702. The maximum absolute atomic E-state index is 10.8. The van der Waals surface area contributed by atoms with Gasteiger partial charge < -0.3 is 10.1 Å². The van der Waals surface area contributed by atoms with Gasteiger partial charge in [-0.25, -0.2) is 9.78 Å². The highest BCUT2D eigenvalue weighted by Gasteiger charge is 2.08. The van der Waals surface area contributed by atoms with Crippen LogP contribution in [0.25, 0.3) is 11.0 Å². The molecule has 2 N–H and O–H groups in total. The fourth-order valence-electron chi connectivity index (χ4n) is 1.71. The summed E-state index contributed by atoms with van der Waals surface area (Å²) in [5.41, 5.74) is 1.96. The number of nitrogens with one attached hydrogen (secondary N) is 1. The van der Waals surface area contributed by atoms with Gasteiger partial charge in [0.1, 0.15) is 4.88 Å². The average molecular weight is 290 g/mol. The van der Waals surface area contributed by atoms with E-state index in [0.29, 0.717) is 4.88 Å². The van der Waals surface area contributed by atoms with E-state index in [-0.39, 0.29) is 0 Å². The van der Waals surface area contributed by atoms with Crippen molar-refractivity contribution in [2.24, 2.45) is 0 Å². The number of aromatic amines is 1. The van der Waals surface area contributed by atoms with Gasteiger partial charge in [0.2, 0.25) is 0 Å². The first-order valence-corrected chi connectivity index (χ1v) is 7.42. The molecular formula is C13H10N2O2S2. The lowest BCUT2D eigenvalue weighted by Gasteiger charge is -1.93. The first-order chi connectivity index (χ1) is 9.22. The van der Waals surface area contributed by atoms with Crippen LogP contribution in [-0.4, -0.2) is 21.0 Å². The number of H-pyrrole nitrogens is 1. The summed E-state index contributed by atoms with van der Waals surface area (Å²) >= 11 is 2.88.